The predicted molar refractivity (Wildman–Crippen MR) is 77.1 cm³/mol. The summed E-state index contributed by atoms with van der Waals surface area (Å²) in [6.45, 7) is 1.91. The number of aryl methyl sites for hydroxylation is 1. The molecule has 2 rings (SSSR count). The predicted octanol–water partition coefficient (Wildman–Crippen LogP) is 1.95. The fourth-order valence-corrected chi connectivity index (χ4v) is 3.33. The van der Waals surface area contributed by atoms with Gasteiger partial charge in [-0.05, 0) is 18.6 Å². The Morgan fingerprint density at radius 1 is 1.30 bits per heavy atom. The lowest BCUT2D eigenvalue weighted by Crippen LogP contribution is -2.18. The Morgan fingerprint density at radius 3 is 2.57 bits per heavy atom. The topological polar surface area (TPSA) is 93.3 Å². The van der Waals surface area contributed by atoms with Crippen LogP contribution in [0.1, 0.15) is 36.7 Å². The number of hydrogen-bond acceptors (Lipinski definition) is 6. The van der Waals surface area contributed by atoms with Gasteiger partial charge in [0.25, 0.3) is 0 Å². The van der Waals surface area contributed by atoms with Crippen LogP contribution in [0.4, 0.5) is 8.78 Å². The highest BCUT2D eigenvalue weighted by molar-refractivity contribution is 7.90. The molecular formula is C14H16F2N2O4S. The summed E-state index contributed by atoms with van der Waals surface area (Å²) in [5, 5.41) is 13.5. The molecular weight excluding hydrogens is 330 g/mol. The van der Waals surface area contributed by atoms with E-state index in [4.69, 9.17) is 4.52 Å². The third kappa shape index (κ3) is 4.55. The van der Waals surface area contributed by atoms with Gasteiger partial charge < -0.3 is 9.63 Å². The smallest absolute Gasteiger partial charge is 0.241 e. The largest absolute Gasteiger partial charge is 0.387 e. The van der Waals surface area contributed by atoms with Crippen molar-refractivity contribution in [1.82, 2.24) is 10.1 Å². The van der Waals surface area contributed by atoms with E-state index in [1.165, 1.54) is 0 Å². The summed E-state index contributed by atoms with van der Waals surface area (Å²) in [7, 11) is -3.90. The molecule has 1 atom stereocenters. The fourth-order valence-electron chi connectivity index (χ4n) is 2.07. The summed E-state index contributed by atoms with van der Waals surface area (Å²) in [5.74, 6) is -3.19. The number of sulfone groups is 1. The van der Waals surface area contributed by atoms with Crippen LogP contribution < -0.4 is 0 Å². The maximum absolute atomic E-state index is 13.6. The summed E-state index contributed by atoms with van der Waals surface area (Å²) in [6.07, 6.45) is -0.497. The van der Waals surface area contributed by atoms with Gasteiger partial charge in [-0.2, -0.15) is 4.98 Å². The lowest BCUT2D eigenvalue weighted by Gasteiger charge is -2.12. The standard InChI is InChI=1S/C14H16F2N2O4S/c1-2-4-12-17-13(22-18-12)8-23(20,21)7-11(19)14-9(15)5-3-6-10(14)16/h3,5-6,11,19H,2,4,7-8H2,1H3. The molecule has 0 spiro atoms. The van der Waals surface area contributed by atoms with Gasteiger partial charge in [0.1, 0.15) is 17.4 Å². The third-order valence-corrected chi connectivity index (χ3v) is 4.58. The highest BCUT2D eigenvalue weighted by Gasteiger charge is 2.26. The second-order valence-corrected chi connectivity index (χ2v) is 7.17. The number of aliphatic hydroxyl groups excluding tert-OH is 1. The lowest BCUT2D eigenvalue weighted by atomic mass is 10.1. The van der Waals surface area contributed by atoms with Gasteiger partial charge in [-0.15, -0.1) is 0 Å². The van der Waals surface area contributed by atoms with E-state index >= 15 is 0 Å². The van der Waals surface area contributed by atoms with Crippen molar-refractivity contribution in [3.05, 3.63) is 47.1 Å². The second-order valence-electron chi connectivity index (χ2n) is 5.06. The molecule has 0 aliphatic rings. The highest BCUT2D eigenvalue weighted by Crippen LogP contribution is 2.23. The molecule has 1 aromatic carbocycles. The highest BCUT2D eigenvalue weighted by atomic mass is 32.2. The molecule has 0 saturated heterocycles. The monoisotopic (exact) mass is 346 g/mol. The van der Waals surface area contributed by atoms with Crippen LogP contribution in [0, 0.1) is 11.6 Å². The molecule has 1 heterocycles. The summed E-state index contributed by atoms with van der Waals surface area (Å²) >= 11 is 0. The molecule has 0 saturated carbocycles. The molecule has 0 bridgehead atoms. The van der Waals surface area contributed by atoms with Crippen molar-refractivity contribution in [3.63, 3.8) is 0 Å². The first-order valence-corrected chi connectivity index (χ1v) is 8.78. The second kappa shape index (κ2) is 7.14. The number of rotatable bonds is 7. The Morgan fingerprint density at radius 2 is 1.96 bits per heavy atom. The zero-order valence-corrected chi connectivity index (χ0v) is 13.2. The molecule has 1 aromatic heterocycles. The average molecular weight is 346 g/mol. The Labute approximate surface area is 132 Å². The summed E-state index contributed by atoms with van der Waals surface area (Å²) in [4.78, 5) is 3.91. The zero-order chi connectivity index (χ0) is 17.0. The van der Waals surface area contributed by atoms with Crippen molar-refractivity contribution in [1.29, 1.82) is 0 Å². The molecule has 1 N–H and O–H groups in total. The Hall–Kier alpha value is -1.87. The van der Waals surface area contributed by atoms with Gasteiger partial charge in [-0.25, -0.2) is 17.2 Å². The molecule has 0 radical (unpaired) electrons. The quantitative estimate of drug-likeness (QED) is 0.824. The van der Waals surface area contributed by atoms with Gasteiger partial charge in [0.05, 0.1) is 17.4 Å². The van der Waals surface area contributed by atoms with Gasteiger partial charge in [-0.3, -0.25) is 0 Å². The Kier molecular flexibility index (Phi) is 5.42. The fraction of sp³-hybridized carbons (Fsp3) is 0.429. The van der Waals surface area contributed by atoms with Gasteiger partial charge >= 0.3 is 0 Å². The van der Waals surface area contributed by atoms with Crippen LogP contribution in [0.25, 0.3) is 0 Å². The number of aromatic nitrogens is 2. The van der Waals surface area contributed by atoms with E-state index in [1.807, 2.05) is 6.92 Å². The van der Waals surface area contributed by atoms with Crippen LogP contribution in [0.5, 0.6) is 0 Å². The number of halogens is 2. The van der Waals surface area contributed by atoms with E-state index in [9.17, 15) is 22.3 Å². The molecule has 0 amide bonds. The first kappa shape index (κ1) is 17.5. The maximum atomic E-state index is 13.6. The maximum Gasteiger partial charge on any atom is 0.241 e. The molecule has 0 aliphatic carbocycles. The Bertz CT molecular complexity index is 757. The molecule has 9 heteroatoms. The van der Waals surface area contributed by atoms with Gasteiger partial charge in [0.15, 0.2) is 15.7 Å². The number of benzene rings is 1. The van der Waals surface area contributed by atoms with Crippen molar-refractivity contribution in [2.24, 2.45) is 0 Å². The van der Waals surface area contributed by atoms with E-state index in [2.05, 4.69) is 10.1 Å². The summed E-state index contributed by atoms with van der Waals surface area (Å²) < 4.78 is 56.0. The summed E-state index contributed by atoms with van der Waals surface area (Å²) in [5.41, 5.74) is -0.673. The molecule has 0 fully saturated rings. The van der Waals surface area contributed by atoms with Gasteiger partial charge in [0, 0.05) is 6.42 Å². The van der Waals surface area contributed by atoms with Crippen LogP contribution in [0.15, 0.2) is 22.7 Å². The van der Waals surface area contributed by atoms with Crippen molar-refractivity contribution in [2.75, 3.05) is 5.75 Å². The van der Waals surface area contributed by atoms with Crippen molar-refractivity contribution < 1.29 is 26.8 Å². The minimum Gasteiger partial charge on any atom is -0.387 e. The normalized spacial score (nSPS) is 13.2. The minimum absolute atomic E-state index is 0.116. The average Bonchev–Trinajstić information content (AvgIpc) is 2.84. The van der Waals surface area contributed by atoms with Crippen molar-refractivity contribution in [2.45, 2.75) is 31.6 Å². The van der Waals surface area contributed by atoms with E-state index in [-0.39, 0.29) is 5.89 Å². The third-order valence-electron chi connectivity index (χ3n) is 3.07. The van der Waals surface area contributed by atoms with Crippen LogP contribution >= 0.6 is 0 Å². The Balaban J connectivity index is 2.11. The van der Waals surface area contributed by atoms with Gasteiger partial charge in [0.2, 0.25) is 5.89 Å². The number of aliphatic hydroxyl groups is 1. The van der Waals surface area contributed by atoms with Crippen LogP contribution in [-0.2, 0) is 22.0 Å². The van der Waals surface area contributed by atoms with Crippen LogP contribution in [0.2, 0.25) is 0 Å². The van der Waals surface area contributed by atoms with Crippen LogP contribution in [-0.4, -0.2) is 29.4 Å². The van der Waals surface area contributed by atoms with Gasteiger partial charge in [-0.1, -0.05) is 18.1 Å². The lowest BCUT2D eigenvalue weighted by molar-refractivity contribution is 0.191. The molecule has 2 aromatic rings. The molecule has 6 nitrogen and oxygen atoms in total. The minimum atomic E-state index is -3.90. The van der Waals surface area contributed by atoms with Crippen molar-refractivity contribution in [3.8, 4) is 0 Å². The SMILES string of the molecule is CCCc1noc(CS(=O)(=O)CC(O)c2c(F)cccc2F)n1. The molecule has 0 aliphatic heterocycles. The first-order valence-electron chi connectivity index (χ1n) is 6.96. The van der Waals surface area contributed by atoms with Crippen LogP contribution in [0.3, 0.4) is 0 Å². The van der Waals surface area contributed by atoms with E-state index in [0.29, 0.717) is 12.2 Å². The molecule has 1 unspecified atom stereocenters. The van der Waals surface area contributed by atoms with E-state index in [1.54, 1.807) is 0 Å². The molecule has 23 heavy (non-hydrogen) atoms. The number of nitrogens with zero attached hydrogens (tertiary/aromatic N) is 2. The zero-order valence-electron chi connectivity index (χ0n) is 12.4. The van der Waals surface area contributed by atoms with E-state index in [0.717, 1.165) is 24.6 Å². The van der Waals surface area contributed by atoms with Crippen molar-refractivity contribution >= 4 is 9.84 Å². The first-order chi connectivity index (χ1) is 10.8. The molecule has 126 valence electrons. The summed E-state index contributed by atoms with van der Waals surface area (Å²) in [6, 6.07) is 3.02. The number of hydrogen-bond donors (Lipinski definition) is 1. The van der Waals surface area contributed by atoms with E-state index < -0.39 is 44.6 Å².